The second-order valence-corrected chi connectivity index (χ2v) is 6.69. The Kier molecular flexibility index (Phi) is 4.20. The average Bonchev–Trinajstić information content (AvgIpc) is 2.37. The van der Waals surface area contributed by atoms with Crippen molar-refractivity contribution in [3.63, 3.8) is 0 Å². The lowest BCUT2D eigenvalue weighted by Gasteiger charge is -2.11. The molecule has 21 heavy (non-hydrogen) atoms. The molecule has 0 aliphatic heterocycles. The SMILES string of the molecule is CNS(=O)(=O)c1ccc(Oc2cc(C)cc(C)c2)cc1N. The Morgan fingerprint density at radius 2 is 1.62 bits per heavy atom. The van der Waals surface area contributed by atoms with Gasteiger partial charge < -0.3 is 10.5 Å². The summed E-state index contributed by atoms with van der Waals surface area (Å²) >= 11 is 0. The van der Waals surface area contributed by atoms with Gasteiger partial charge in [-0.2, -0.15) is 0 Å². The van der Waals surface area contributed by atoms with Crippen molar-refractivity contribution in [1.82, 2.24) is 4.72 Å². The van der Waals surface area contributed by atoms with Crippen LogP contribution in [0, 0.1) is 13.8 Å². The zero-order valence-electron chi connectivity index (χ0n) is 12.2. The van der Waals surface area contributed by atoms with E-state index in [9.17, 15) is 8.42 Å². The first-order valence-electron chi connectivity index (χ1n) is 6.41. The number of aryl methyl sites for hydroxylation is 2. The number of rotatable bonds is 4. The molecule has 2 aromatic rings. The summed E-state index contributed by atoms with van der Waals surface area (Å²) in [6.45, 7) is 3.97. The first kappa shape index (κ1) is 15.3. The molecule has 0 heterocycles. The second kappa shape index (κ2) is 5.75. The van der Waals surface area contributed by atoms with Crippen LogP contribution in [-0.2, 0) is 10.0 Å². The van der Waals surface area contributed by atoms with Crippen LogP contribution in [0.15, 0.2) is 41.3 Å². The van der Waals surface area contributed by atoms with E-state index in [2.05, 4.69) is 4.72 Å². The number of hydrogen-bond acceptors (Lipinski definition) is 4. The van der Waals surface area contributed by atoms with E-state index in [1.54, 1.807) is 6.07 Å². The topological polar surface area (TPSA) is 81.4 Å². The lowest BCUT2D eigenvalue weighted by atomic mass is 10.1. The van der Waals surface area contributed by atoms with Gasteiger partial charge in [0.25, 0.3) is 0 Å². The number of nitrogens with one attached hydrogen (secondary N) is 1. The van der Waals surface area contributed by atoms with Gasteiger partial charge in [0.1, 0.15) is 16.4 Å². The number of anilines is 1. The molecule has 0 radical (unpaired) electrons. The minimum Gasteiger partial charge on any atom is -0.457 e. The van der Waals surface area contributed by atoms with Crippen molar-refractivity contribution in [2.45, 2.75) is 18.7 Å². The summed E-state index contributed by atoms with van der Waals surface area (Å²) < 4.78 is 31.5. The Morgan fingerprint density at radius 3 is 2.14 bits per heavy atom. The van der Waals surface area contributed by atoms with Crippen LogP contribution in [0.25, 0.3) is 0 Å². The molecule has 0 amide bonds. The monoisotopic (exact) mass is 306 g/mol. The third-order valence-electron chi connectivity index (χ3n) is 2.97. The second-order valence-electron chi connectivity index (χ2n) is 4.83. The molecule has 5 nitrogen and oxygen atoms in total. The molecule has 0 fully saturated rings. The van der Waals surface area contributed by atoms with Crippen molar-refractivity contribution < 1.29 is 13.2 Å². The lowest BCUT2D eigenvalue weighted by Crippen LogP contribution is -2.19. The van der Waals surface area contributed by atoms with Gasteiger partial charge in [-0.15, -0.1) is 0 Å². The Balaban J connectivity index is 2.33. The number of nitrogen functional groups attached to an aromatic ring is 1. The van der Waals surface area contributed by atoms with E-state index in [1.165, 1.54) is 19.2 Å². The summed E-state index contributed by atoms with van der Waals surface area (Å²) in [5.41, 5.74) is 8.12. The van der Waals surface area contributed by atoms with Crippen molar-refractivity contribution in [3.8, 4) is 11.5 Å². The van der Waals surface area contributed by atoms with E-state index in [0.717, 1.165) is 11.1 Å². The van der Waals surface area contributed by atoms with Crippen molar-refractivity contribution in [3.05, 3.63) is 47.5 Å². The first-order valence-corrected chi connectivity index (χ1v) is 7.89. The van der Waals surface area contributed by atoms with Crippen molar-refractivity contribution in [2.24, 2.45) is 0 Å². The van der Waals surface area contributed by atoms with Crippen LogP contribution in [0.1, 0.15) is 11.1 Å². The smallest absolute Gasteiger partial charge is 0.242 e. The van der Waals surface area contributed by atoms with Gasteiger partial charge in [-0.05, 0) is 56.3 Å². The van der Waals surface area contributed by atoms with E-state index >= 15 is 0 Å². The van der Waals surface area contributed by atoms with Crippen LogP contribution in [-0.4, -0.2) is 15.5 Å². The summed E-state index contributed by atoms with van der Waals surface area (Å²) in [7, 11) is -2.22. The molecule has 6 heteroatoms. The maximum atomic E-state index is 11.7. The van der Waals surface area contributed by atoms with Gasteiger partial charge in [0.2, 0.25) is 10.0 Å². The zero-order chi connectivity index (χ0) is 15.6. The number of benzene rings is 2. The van der Waals surface area contributed by atoms with Gasteiger partial charge in [0.05, 0.1) is 5.69 Å². The van der Waals surface area contributed by atoms with Gasteiger partial charge in [0, 0.05) is 6.07 Å². The molecule has 0 aromatic heterocycles. The fourth-order valence-corrected chi connectivity index (χ4v) is 2.91. The molecule has 0 aliphatic rings. The average molecular weight is 306 g/mol. The highest BCUT2D eigenvalue weighted by Crippen LogP contribution is 2.28. The maximum Gasteiger partial charge on any atom is 0.242 e. The quantitative estimate of drug-likeness (QED) is 0.851. The van der Waals surface area contributed by atoms with Crippen LogP contribution in [0.5, 0.6) is 11.5 Å². The van der Waals surface area contributed by atoms with E-state index in [4.69, 9.17) is 10.5 Å². The van der Waals surface area contributed by atoms with Crippen LogP contribution in [0.3, 0.4) is 0 Å². The molecule has 2 rings (SSSR count). The molecule has 0 aliphatic carbocycles. The van der Waals surface area contributed by atoms with Crippen LogP contribution < -0.4 is 15.2 Å². The molecular formula is C15H18N2O3S. The van der Waals surface area contributed by atoms with E-state index < -0.39 is 10.0 Å². The molecule has 0 saturated carbocycles. The molecule has 0 spiro atoms. The minimum absolute atomic E-state index is 0.0396. The molecule has 0 unspecified atom stereocenters. The lowest BCUT2D eigenvalue weighted by molar-refractivity contribution is 0.481. The van der Waals surface area contributed by atoms with Crippen molar-refractivity contribution >= 4 is 15.7 Å². The Bertz CT molecular complexity index is 750. The van der Waals surface area contributed by atoms with Crippen LogP contribution in [0.4, 0.5) is 5.69 Å². The standard InChI is InChI=1S/C15H18N2O3S/c1-10-6-11(2)8-13(7-10)20-12-4-5-15(14(16)9-12)21(18,19)17-3/h4-9,17H,16H2,1-3H3. The highest BCUT2D eigenvalue weighted by atomic mass is 32.2. The van der Waals surface area contributed by atoms with Gasteiger partial charge in [-0.3, -0.25) is 0 Å². The van der Waals surface area contributed by atoms with Crippen LogP contribution in [0.2, 0.25) is 0 Å². The van der Waals surface area contributed by atoms with Crippen molar-refractivity contribution in [1.29, 1.82) is 0 Å². The molecule has 0 atom stereocenters. The molecule has 0 bridgehead atoms. The molecular weight excluding hydrogens is 288 g/mol. The zero-order valence-corrected chi connectivity index (χ0v) is 13.0. The van der Waals surface area contributed by atoms with E-state index in [1.807, 2.05) is 32.0 Å². The van der Waals surface area contributed by atoms with E-state index in [0.29, 0.717) is 11.5 Å². The Labute approximate surface area is 124 Å². The summed E-state index contributed by atoms with van der Waals surface area (Å²) in [5.74, 6) is 1.18. The van der Waals surface area contributed by atoms with Crippen LogP contribution >= 0.6 is 0 Å². The number of ether oxygens (including phenoxy) is 1. The molecule has 112 valence electrons. The predicted octanol–water partition coefficient (Wildman–Crippen LogP) is 2.59. The summed E-state index contributed by atoms with van der Waals surface area (Å²) in [6.07, 6.45) is 0. The number of hydrogen-bond donors (Lipinski definition) is 2. The highest BCUT2D eigenvalue weighted by Gasteiger charge is 2.15. The maximum absolute atomic E-state index is 11.7. The predicted molar refractivity (Wildman–Crippen MR) is 83.1 cm³/mol. The highest BCUT2D eigenvalue weighted by molar-refractivity contribution is 7.89. The Morgan fingerprint density at radius 1 is 1.00 bits per heavy atom. The largest absolute Gasteiger partial charge is 0.457 e. The fourth-order valence-electron chi connectivity index (χ4n) is 2.07. The summed E-state index contributed by atoms with van der Waals surface area (Å²) in [5, 5.41) is 0. The first-order chi connectivity index (χ1) is 9.81. The number of nitrogens with two attached hydrogens (primary N) is 1. The van der Waals surface area contributed by atoms with Gasteiger partial charge >= 0.3 is 0 Å². The fraction of sp³-hybridized carbons (Fsp3) is 0.200. The molecule has 3 N–H and O–H groups in total. The third-order valence-corrected chi connectivity index (χ3v) is 4.46. The molecule has 0 saturated heterocycles. The normalized spacial score (nSPS) is 11.4. The summed E-state index contributed by atoms with van der Waals surface area (Å²) in [4.78, 5) is 0.0396. The van der Waals surface area contributed by atoms with Gasteiger partial charge in [-0.1, -0.05) is 6.07 Å². The third kappa shape index (κ3) is 3.53. The number of sulfonamides is 1. The van der Waals surface area contributed by atoms with Gasteiger partial charge in [0.15, 0.2) is 0 Å². The van der Waals surface area contributed by atoms with Gasteiger partial charge in [-0.25, -0.2) is 13.1 Å². The minimum atomic E-state index is -3.56. The Hall–Kier alpha value is -2.05. The van der Waals surface area contributed by atoms with Crippen molar-refractivity contribution in [2.75, 3.05) is 12.8 Å². The molecule has 2 aromatic carbocycles. The summed E-state index contributed by atoms with van der Waals surface area (Å²) in [6, 6.07) is 10.4. The van der Waals surface area contributed by atoms with E-state index in [-0.39, 0.29) is 10.6 Å².